The first-order valence-corrected chi connectivity index (χ1v) is 6.62. The number of hydrogen-bond donors (Lipinski definition) is 2. The van der Waals surface area contributed by atoms with E-state index in [0.717, 1.165) is 36.6 Å². The van der Waals surface area contributed by atoms with E-state index in [4.69, 9.17) is 5.84 Å². The molecule has 0 spiro atoms. The van der Waals surface area contributed by atoms with Gasteiger partial charge in [-0.05, 0) is 19.4 Å². The van der Waals surface area contributed by atoms with Gasteiger partial charge < -0.3 is 4.57 Å². The molecular formula is C13H22N6. The van der Waals surface area contributed by atoms with E-state index < -0.39 is 0 Å². The van der Waals surface area contributed by atoms with Gasteiger partial charge in [0, 0.05) is 32.4 Å². The molecule has 0 saturated carbocycles. The minimum atomic E-state index is 0.0178. The van der Waals surface area contributed by atoms with Crippen LogP contribution in [0.15, 0.2) is 18.5 Å². The van der Waals surface area contributed by atoms with E-state index in [1.807, 2.05) is 31.0 Å². The summed E-state index contributed by atoms with van der Waals surface area (Å²) < 4.78 is 4.04. The van der Waals surface area contributed by atoms with E-state index in [1.54, 1.807) is 0 Å². The van der Waals surface area contributed by atoms with E-state index >= 15 is 0 Å². The molecule has 0 aliphatic heterocycles. The second kappa shape index (κ2) is 5.99. The standard InChI is InChI=1S/C13H22N6/c1-4-6-19-7-5-15-13(19)9-11(16-14)12-8-10(2)17-18(12)3/h5,7-8,11,16H,4,6,9,14H2,1-3H3. The van der Waals surface area contributed by atoms with Crippen LogP contribution in [-0.2, 0) is 20.0 Å². The lowest BCUT2D eigenvalue weighted by molar-refractivity contribution is 0.485. The zero-order valence-electron chi connectivity index (χ0n) is 11.8. The Bertz CT molecular complexity index is 527. The van der Waals surface area contributed by atoms with Crippen LogP contribution in [0.25, 0.3) is 0 Å². The molecular weight excluding hydrogens is 240 g/mol. The lowest BCUT2D eigenvalue weighted by Crippen LogP contribution is -2.31. The van der Waals surface area contributed by atoms with Crippen molar-refractivity contribution in [3.05, 3.63) is 35.7 Å². The van der Waals surface area contributed by atoms with E-state index in [9.17, 15) is 0 Å². The summed E-state index contributed by atoms with van der Waals surface area (Å²) in [5.41, 5.74) is 4.94. The minimum absolute atomic E-state index is 0.0178. The van der Waals surface area contributed by atoms with Gasteiger partial charge in [-0.2, -0.15) is 5.10 Å². The summed E-state index contributed by atoms with van der Waals surface area (Å²) >= 11 is 0. The van der Waals surface area contributed by atoms with Crippen molar-refractivity contribution in [3.63, 3.8) is 0 Å². The van der Waals surface area contributed by atoms with Crippen LogP contribution in [0.3, 0.4) is 0 Å². The number of nitrogens with zero attached hydrogens (tertiary/aromatic N) is 4. The third kappa shape index (κ3) is 3.02. The average Bonchev–Trinajstić information content (AvgIpc) is 2.94. The number of imidazole rings is 1. The zero-order valence-corrected chi connectivity index (χ0v) is 11.8. The number of rotatable bonds is 6. The van der Waals surface area contributed by atoms with E-state index in [0.29, 0.717) is 0 Å². The highest BCUT2D eigenvalue weighted by Gasteiger charge is 2.17. The highest BCUT2D eigenvalue weighted by atomic mass is 15.3. The third-order valence-electron chi connectivity index (χ3n) is 3.25. The Balaban J connectivity index is 2.19. The van der Waals surface area contributed by atoms with Gasteiger partial charge in [0.15, 0.2) is 0 Å². The minimum Gasteiger partial charge on any atom is -0.335 e. The predicted molar refractivity (Wildman–Crippen MR) is 74.2 cm³/mol. The molecule has 0 aliphatic rings. The monoisotopic (exact) mass is 262 g/mol. The Kier molecular flexibility index (Phi) is 4.34. The number of nitrogens with two attached hydrogens (primary N) is 1. The van der Waals surface area contributed by atoms with Gasteiger partial charge in [-0.15, -0.1) is 0 Å². The van der Waals surface area contributed by atoms with Crippen LogP contribution < -0.4 is 11.3 Å². The summed E-state index contributed by atoms with van der Waals surface area (Å²) in [6.07, 6.45) is 5.70. The van der Waals surface area contributed by atoms with E-state index in [-0.39, 0.29) is 6.04 Å². The topological polar surface area (TPSA) is 73.7 Å². The summed E-state index contributed by atoms with van der Waals surface area (Å²) in [4.78, 5) is 4.42. The van der Waals surface area contributed by atoms with Gasteiger partial charge in [0.2, 0.25) is 0 Å². The summed E-state index contributed by atoms with van der Waals surface area (Å²) in [6.45, 7) is 5.12. The molecule has 6 heteroatoms. The van der Waals surface area contributed by atoms with Gasteiger partial charge in [0.25, 0.3) is 0 Å². The lowest BCUT2D eigenvalue weighted by atomic mass is 10.1. The van der Waals surface area contributed by atoms with Gasteiger partial charge in [0.1, 0.15) is 5.82 Å². The van der Waals surface area contributed by atoms with Crippen molar-refractivity contribution in [1.82, 2.24) is 24.8 Å². The number of aromatic nitrogens is 4. The Labute approximate surface area is 113 Å². The van der Waals surface area contributed by atoms with Crippen molar-refractivity contribution in [3.8, 4) is 0 Å². The molecule has 19 heavy (non-hydrogen) atoms. The quantitative estimate of drug-likeness (QED) is 0.603. The molecule has 0 aliphatic carbocycles. The zero-order chi connectivity index (χ0) is 13.8. The second-order valence-corrected chi connectivity index (χ2v) is 4.79. The predicted octanol–water partition coefficient (Wildman–Crippen LogP) is 1.08. The van der Waals surface area contributed by atoms with Gasteiger partial charge in [-0.3, -0.25) is 16.0 Å². The highest BCUT2D eigenvalue weighted by Crippen LogP contribution is 2.17. The molecule has 2 rings (SSSR count). The Morgan fingerprint density at radius 2 is 2.26 bits per heavy atom. The molecule has 1 atom stereocenters. The molecule has 3 N–H and O–H groups in total. The van der Waals surface area contributed by atoms with Crippen molar-refractivity contribution in [2.24, 2.45) is 12.9 Å². The first-order chi connectivity index (χ1) is 9.15. The Hall–Kier alpha value is -1.66. The van der Waals surface area contributed by atoms with Crippen LogP contribution >= 0.6 is 0 Å². The highest BCUT2D eigenvalue weighted by molar-refractivity contribution is 5.14. The van der Waals surface area contributed by atoms with E-state index in [1.165, 1.54) is 0 Å². The first-order valence-electron chi connectivity index (χ1n) is 6.62. The van der Waals surface area contributed by atoms with Gasteiger partial charge in [0.05, 0.1) is 17.4 Å². The van der Waals surface area contributed by atoms with Crippen molar-refractivity contribution in [2.45, 2.75) is 39.3 Å². The van der Waals surface area contributed by atoms with Crippen LogP contribution in [-0.4, -0.2) is 19.3 Å². The molecule has 2 aromatic heterocycles. The molecule has 6 nitrogen and oxygen atoms in total. The van der Waals surface area contributed by atoms with Crippen molar-refractivity contribution >= 4 is 0 Å². The van der Waals surface area contributed by atoms with Crippen molar-refractivity contribution in [2.75, 3.05) is 0 Å². The molecule has 0 radical (unpaired) electrons. The Morgan fingerprint density at radius 1 is 1.47 bits per heavy atom. The largest absolute Gasteiger partial charge is 0.335 e. The fourth-order valence-corrected chi connectivity index (χ4v) is 2.36. The molecule has 2 heterocycles. The number of nitrogens with one attached hydrogen (secondary N) is 1. The maximum absolute atomic E-state index is 5.70. The summed E-state index contributed by atoms with van der Waals surface area (Å²) in [5, 5.41) is 4.36. The molecule has 104 valence electrons. The maximum atomic E-state index is 5.70. The summed E-state index contributed by atoms with van der Waals surface area (Å²) in [5.74, 6) is 6.74. The van der Waals surface area contributed by atoms with Gasteiger partial charge in [-0.1, -0.05) is 6.92 Å². The molecule has 2 aromatic rings. The number of aryl methyl sites for hydroxylation is 3. The van der Waals surface area contributed by atoms with Crippen LogP contribution in [0.4, 0.5) is 0 Å². The molecule has 0 aromatic carbocycles. The van der Waals surface area contributed by atoms with Gasteiger partial charge in [-0.25, -0.2) is 4.98 Å². The van der Waals surface area contributed by atoms with Crippen LogP contribution in [0.2, 0.25) is 0 Å². The molecule has 0 bridgehead atoms. The summed E-state index contributed by atoms with van der Waals surface area (Å²) in [7, 11) is 1.94. The van der Waals surface area contributed by atoms with Gasteiger partial charge >= 0.3 is 0 Å². The SMILES string of the molecule is CCCn1ccnc1CC(NN)c1cc(C)nn1C. The van der Waals surface area contributed by atoms with Crippen LogP contribution in [0, 0.1) is 6.92 Å². The lowest BCUT2D eigenvalue weighted by Gasteiger charge is -2.16. The number of hydrazine groups is 1. The van der Waals surface area contributed by atoms with Crippen molar-refractivity contribution in [1.29, 1.82) is 0 Å². The third-order valence-corrected chi connectivity index (χ3v) is 3.25. The average molecular weight is 262 g/mol. The van der Waals surface area contributed by atoms with Crippen molar-refractivity contribution < 1.29 is 0 Å². The van der Waals surface area contributed by atoms with E-state index in [2.05, 4.69) is 33.1 Å². The van der Waals surface area contributed by atoms with Crippen LogP contribution in [0.1, 0.15) is 36.6 Å². The Morgan fingerprint density at radius 3 is 2.84 bits per heavy atom. The fraction of sp³-hybridized carbons (Fsp3) is 0.538. The van der Waals surface area contributed by atoms with Crippen LogP contribution in [0.5, 0.6) is 0 Å². The maximum Gasteiger partial charge on any atom is 0.110 e. The normalized spacial score (nSPS) is 12.8. The smallest absolute Gasteiger partial charge is 0.110 e. The molecule has 0 fully saturated rings. The summed E-state index contributed by atoms with van der Waals surface area (Å²) in [6, 6.07) is 2.07. The fourth-order valence-electron chi connectivity index (χ4n) is 2.36. The molecule has 0 amide bonds. The molecule has 0 saturated heterocycles. The first kappa shape index (κ1) is 13.8. The number of hydrogen-bond acceptors (Lipinski definition) is 4. The second-order valence-electron chi connectivity index (χ2n) is 4.79. The molecule has 1 unspecified atom stereocenters.